The Morgan fingerprint density at radius 2 is 1.96 bits per heavy atom. The largest absolute Gasteiger partial charge is 0.506 e. The Kier molecular flexibility index (Phi) is 6.70. The summed E-state index contributed by atoms with van der Waals surface area (Å²) in [5, 5.41) is 13.9. The third-order valence-corrected chi connectivity index (χ3v) is 3.67. The van der Waals surface area contributed by atoms with Gasteiger partial charge in [-0.25, -0.2) is 4.79 Å². The summed E-state index contributed by atoms with van der Waals surface area (Å²) in [6, 6.07) is 14.4. The molecule has 0 bridgehead atoms. The van der Waals surface area contributed by atoms with Crippen molar-refractivity contribution in [3.63, 3.8) is 0 Å². The number of para-hydroxylation sites is 2. The number of phenols is 1. The number of rotatable bonds is 7. The Labute approximate surface area is 146 Å². The van der Waals surface area contributed by atoms with Crippen LogP contribution in [-0.4, -0.2) is 17.7 Å². The zero-order valence-corrected chi connectivity index (χ0v) is 14.2. The molecule has 1 atom stereocenters. The standard InChI is InChI=1S/C19H20ClNO3/c1-2-24-19(23)9-5-7-16(14-10-12-15(20)13-11-14)21-17-6-3-4-8-18(17)22/h3-6,8-13,16,21-22H,2,7H2,1H3/b9-5+. The van der Waals surface area contributed by atoms with Crippen molar-refractivity contribution in [2.75, 3.05) is 11.9 Å². The number of hydrogen-bond acceptors (Lipinski definition) is 4. The van der Waals surface area contributed by atoms with Gasteiger partial charge in [-0.3, -0.25) is 0 Å². The first-order valence-electron chi connectivity index (χ1n) is 7.73. The highest BCUT2D eigenvalue weighted by Gasteiger charge is 2.12. The summed E-state index contributed by atoms with van der Waals surface area (Å²) in [6.45, 7) is 2.11. The Bertz CT molecular complexity index is 698. The van der Waals surface area contributed by atoms with E-state index in [9.17, 15) is 9.90 Å². The smallest absolute Gasteiger partial charge is 0.330 e. The molecule has 0 saturated heterocycles. The number of phenolic OH excluding ortho intramolecular Hbond substituents is 1. The molecule has 4 nitrogen and oxygen atoms in total. The molecule has 0 aliphatic rings. The van der Waals surface area contributed by atoms with Crippen molar-refractivity contribution in [1.29, 1.82) is 0 Å². The molecular formula is C19H20ClNO3. The number of esters is 1. The molecule has 2 aromatic rings. The van der Waals surface area contributed by atoms with Gasteiger partial charge in [0.15, 0.2) is 0 Å². The molecule has 0 fully saturated rings. The van der Waals surface area contributed by atoms with E-state index in [0.717, 1.165) is 5.56 Å². The molecule has 0 aliphatic heterocycles. The van der Waals surface area contributed by atoms with Gasteiger partial charge in [0.05, 0.1) is 18.3 Å². The van der Waals surface area contributed by atoms with E-state index >= 15 is 0 Å². The van der Waals surface area contributed by atoms with Crippen molar-refractivity contribution in [1.82, 2.24) is 0 Å². The first kappa shape index (κ1) is 17.9. The minimum absolute atomic E-state index is 0.124. The minimum atomic E-state index is -0.366. The molecular weight excluding hydrogens is 326 g/mol. The molecule has 0 amide bonds. The molecule has 2 aromatic carbocycles. The van der Waals surface area contributed by atoms with Crippen LogP contribution in [0.15, 0.2) is 60.7 Å². The highest BCUT2D eigenvalue weighted by Crippen LogP contribution is 2.29. The SMILES string of the molecule is CCOC(=O)/C=C/CC(Nc1ccccc1O)c1ccc(Cl)cc1. The lowest BCUT2D eigenvalue weighted by Gasteiger charge is -2.20. The third kappa shape index (κ3) is 5.32. The summed E-state index contributed by atoms with van der Waals surface area (Å²) in [6.07, 6.45) is 3.72. The zero-order valence-electron chi connectivity index (χ0n) is 13.4. The average molecular weight is 346 g/mol. The van der Waals surface area contributed by atoms with Crippen LogP contribution in [0.4, 0.5) is 5.69 Å². The van der Waals surface area contributed by atoms with E-state index in [-0.39, 0.29) is 17.8 Å². The van der Waals surface area contributed by atoms with Crippen molar-refractivity contribution < 1.29 is 14.6 Å². The first-order chi connectivity index (χ1) is 11.6. The molecule has 5 heteroatoms. The zero-order chi connectivity index (χ0) is 17.4. The fourth-order valence-corrected chi connectivity index (χ4v) is 2.37. The third-order valence-electron chi connectivity index (χ3n) is 3.42. The predicted octanol–water partition coefficient (Wildman–Crippen LogP) is 4.71. The van der Waals surface area contributed by atoms with Crippen LogP contribution in [0.1, 0.15) is 24.9 Å². The summed E-state index contributed by atoms with van der Waals surface area (Å²) < 4.78 is 4.88. The summed E-state index contributed by atoms with van der Waals surface area (Å²) in [7, 11) is 0. The fourth-order valence-electron chi connectivity index (χ4n) is 2.25. The minimum Gasteiger partial charge on any atom is -0.506 e. The van der Waals surface area contributed by atoms with Crippen molar-refractivity contribution in [2.24, 2.45) is 0 Å². The number of carbonyl (C=O) groups is 1. The first-order valence-corrected chi connectivity index (χ1v) is 8.11. The number of hydrogen-bond donors (Lipinski definition) is 2. The second kappa shape index (κ2) is 8.99. The number of anilines is 1. The van der Waals surface area contributed by atoms with Crippen LogP contribution < -0.4 is 5.32 Å². The molecule has 1 unspecified atom stereocenters. The highest BCUT2D eigenvalue weighted by molar-refractivity contribution is 6.30. The van der Waals surface area contributed by atoms with Gasteiger partial charge in [-0.1, -0.05) is 41.9 Å². The van der Waals surface area contributed by atoms with E-state index in [1.165, 1.54) is 6.08 Å². The Hall–Kier alpha value is -2.46. The maximum atomic E-state index is 11.4. The van der Waals surface area contributed by atoms with E-state index in [1.54, 1.807) is 31.2 Å². The quantitative estimate of drug-likeness (QED) is 0.433. The maximum Gasteiger partial charge on any atom is 0.330 e. The molecule has 0 aromatic heterocycles. The van der Waals surface area contributed by atoms with Gasteiger partial charge < -0.3 is 15.2 Å². The van der Waals surface area contributed by atoms with Gasteiger partial charge >= 0.3 is 5.97 Å². The van der Waals surface area contributed by atoms with Gasteiger partial charge in [0, 0.05) is 11.1 Å². The molecule has 2 rings (SSSR count). The van der Waals surface area contributed by atoms with Gasteiger partial charge in [-0.2, -0.15) is 0 Å². The summed E-state index contributed by atoms with van der Waals surface area (Å²) in [4.78, 5) is 11.4. The molecule has 0 saturated carbocycles. The summed E-state index contributed by atoms with van der Waals surface area (Å²) >= 11 is 5.95. The monoisotopic (exact) mass is 345 g/mol. The topological polar surface area (TPSA) is 58.6 Å². The van der Waals surface area contributed by atoms with E-state index < -0.39 is 0 Å². The molecule has 0 aliphatic carbocycles. The van der Waals surface area contributed by atoms with Gasteiger partial charge in [0.2, 0.25) is 0 Å². The van der Waals surface area contributed by atoms with Crippen LogP contribution in [0.5, 0.6) is 5.75 Å². The lowest BCUT2D eigenvalue weighted by molar-refractivity contribution is -0.137. The number of nitrogens with one attached hydrogen (secondary N) is 1. The molecule has 126 valence electrons. The van der Waals surface area contributed by atoms with Gasteiger partial charge in [0.1, 0.15) is 5.75 Å². The van der Waals surface area contributed by atoms with Crippen molar-refractivity contribution in [3.05, 3.63) is 71.3 Å². The lowest BCUT2D eigenvalue weighted by atomic mass is 10.0. The number of benzene rings is 2. The highest BCUT2D eigenvalue weighted by atomic mass is 35.5. The fraction of sp³-hybridized carbons (Fsp3) is 0.211. The second-order valence-electron chi connectivity index (χ2n) is 5.16. The Balaban J connectivity index is 2.16. The number of aromatic hydroxyl groups is 1. The Morgan fingerprint density at radius 1 is 1.25 bits per heavy atom. The molecule has 0 heterocycles. The van der Waals surface area contributed by atoms with Crippen LogP contribution >= 0.6 is 11.6 Å². The number of carbonyl (C=O) groups excluding carboxylic acids is 1. The van der Waals surface area contributed by atoms with Crippen LogP contribution in [0.3, 0.4) is 0 Å². The van der Waals surface area contributed by atoms with Gasteiger partial charge in [0.25, 0.3) is 0 Å². The summed E-state index contributed by atoms with van der Waals surface area (Å²) in [5.74, 6) is -0.194. The predicted molar refractivity (Wildman–Crippen MR) is 96.3 cm³/mol. The summed E-state index contributed by atoms with van der Waals surface area (Å²) in [5.41, 5.74) is 1.62. The number of halogens is 1. The Morgan fingerprint density at radius 3 is 2.62 bits per heavy atom. The lowest BCUT2D eigenvalue weighted by Crippen LogP contribution is -2.10. The number of ether oxygens (including phenoxy) is 1. The normalized spacial score (nSPS) is 12.1. The molecule has 0 spiro atoms. The van der Waals surface area contributed by atoms with E-state index in [0.29, 0.717) is 23.7 Å². The van der Waals surface area contributed by atoms with Crippen LogP contribution in [0, 0.1) is 0 Å². The maximum absolute atomic E-state index is 11.4. The van der Waals surface area contributed by atoms with Crippen molar-refractivity contribution in [2.45, 2.75) is 19.4 Å². The average Bonchev–Trinajstić information content (AvgIpc) is 2.57. The van der Waals surface area contributed by atoms with Crippen LogP contribution in [-0.2, 0) is 9.53 Å². The molecule has 24 heavy (non-hydrogen) atoms. The van der Waals surface area contributed by atoms with Crippen molar-refractivity contribution in [3.8, 4) is 5.75 Å². The van der Waals surface area contributed by atoms with Gasteiger partial charge in [-0.05, 0) is 43.2 Å². The van der Waals surface area contributed by atoms with Crippen LogP contribution in [0.2, 0.25) is 5.02 Å². The second-order valence-corrected chi connectivity index (χ2v) is 5.59. The molecule has 0 radical (unpaired) electrons. The van der Waals surface area contributed by atoms with E-state index in [4.69, 9.17) is 16.3 Å². The van der Waals surface area contributed by atoms with E-state index in [2.05, 4.69) is 5.32 Å². The molecule has 2 N–H and O–H groups in total. The van der Waals surface area contributed by atoms with Gasteiger partial charge in [-0.15, -0.1) is 0 Å². The van der Waals surface area contributed by atoms with Crippen LogP contribution in [0.25, 0.3) is 0 Å². The van der Waals surface area contributed by atoms with Crippen molar-refractivity contribution >= 4 is 23.3 Å². The van der Waals surface area contributed by atoms with E-state index in [1.807, 2.05) is 30.3 Å².